The van der Waals surface area contributed by atoms with E-state index in [4.69, 9.17) is 0 Å². The maximum absolute atomic E-state index is 2.52. The Balaban J connectivity index is 3.08. The van der Waals surface area contributed by atoms with Gasteiger partial charge in [0.1, 0.15) is 0 Å². The minimum atomic E-state index is -1.88. The van der Waals surface area contributed by atoms with Crippen molar-refractivity contribution in [1.29, 1.82) is 0 Å². The Hall–Kier alpha value is 0.562. The number of rotatable bonds is 3. The molecule has 1 aromatic rings. The Morgan fingerprint density at radius 3 is 2.00 bits per heavy atom. The molecule has 0 saturated heterocycles. The zero-order valence-electron chi connectivity index (χ0n) is 11.0. The van der Waals surface area contributed by atoms with Crippen LogP contribution in [0.3, 0.4) is 0 Å². The summed E-state index contributed by atoms with van der Waals surface area (Å²) in [6, 6.07) is 9.19. The summed E-state index contributed by atoms with van der Waals surface area (Å²) in [5.74, 6) is 7.53. The van der Waals surface area contributed by atoms with Crippen molar-refractivity contribution in [3.05, 3.63) is 29.8 Å². The normalized spacial score (nSPS) is 12.9. The first-order valence-corrected chi connectivity index (χ1v) is 23.6. The summed E-state index contributed by atoms with van der Waals surface area (Å²) in [5.41, 5.74) is 1.67. The van der Waals surface area contributed by atoms with E-state index in [0.717, 1.165) is 0 Å². The fourth-order valence-electron chi connectivity index (χ4n) is 1.98. The molecular formula is C13H24GeSn. The van der Waals surface area contributed by atoms with E-state index >= 15 is 0 Å². The Morgan fingerprint density at radius 1 is 1.00 bits per heavy atom. The van der Waals surface area contributed by atoms with Crippen molar-refractivity contribution in [2.24, 2.45) is 0 Å². The first kappa shape index (κ1) is 13.6. The van der Waals surface area contributed by atoms with Crippen LogP contribution >= 0.6 is 0 Å². The van der Waals surface area contributed by atoms with Crippen LogP contribution in [0.4, 0.5) is 0 Å². The number of benzene rings is 1. The molecule has 0 heterocycles. The molecule has 0 aliphatic carbocycles. The standard InChI is InChI=1S/C10H15Ge.3CH3.Sn/c1-11(2,3)9-10-7-5-4-6-8-10;;;;/h4-7H,9H2,1-3H3;3*1H3;. The van der Waals surface area contributed by atoms with Gasteiger partial charge in [0.2, 0.25) is 0 Å². The van der Waals surface area contributed by atoms with Crippen LogP contribution in [0.2, 0.25) is 32.1 Å². The molecule has 15 heavy (non-hydrogen) atoms. The van der Waals surface area contributed by atoms with Gasteiger partial charge in [-0.1, -0.05) is 0 Å². The van der Waals surface area contributed by atoms with Crippen LogP contribution in [0.1, 0.15) is 5.56 Å². The molecule has 0 saturated carbocycles. The van der Waals surface area contributed by atoms with E-state index in [2.05, 4.69) is 56.4 Å². The zero-order chi connectivity index (χ0) is 11.7. The molecule has 0 aliphatic heterocycles. The Bertz CT molecular complexity index is 331. The van der Waals surface area contributed by atoms with E-state index in [0.29, 0.717) is 0 Å². The SMILES string of the molecule is [CH3][Ge]([CH3])([CH3])[CH2]c1cccc[c]1[Sn]([CH3])([CH3])[CH3]. The van der Waals surface area contributed by atoms with Gasteiger partial charge in [-0.3, -0.25) is 0 Å². The molecule has 84 valence electrons. The van der Waals surface area contributed by atoms with Crippen LogP contribution in [0.25, 0.3) is 0 Å². The molecule has 0 aliphatic rings. The molecule has 2 heteroatoms. The third-order valence-electron chi connectivity index (χ3n) is 2.55. The van der Waals surface area contributed by atoms with Crippen LogP contribution in [-0.2, 0) is 5.25 Å². The summed E-state index contributed by atoms with van der Waals surface area (Å²) in [6.07, 6.45) is 0. The van der Waals surface area contributed by atoms with Gasteiger partial charge in [-0.25, -0.2) is 0 Å². The van der Waals surface area contributed by atoms with Crippen molar-refractivity contribution >= 4 is 35.2 Å². The van der Waals surface area contributed by atoms with Gasteiger partial charge in [-0.15, -0.1) is 0 Å². The van der Waals surface area contributed by atoms with Crippen molar-refractivity contribution in [3.63, 3.8) is 0 Å². The van der Waals surface area contributed by atoms with Crippen LogP contribution in [0.5, 0.6) is 0 Å². The molecular weight excluding hydrogens is 347 g/mol. The quantitative estimate of drug-likeness (QED) is 0.712. The van der Waals surface area contributed by atoms with Crippen molar-refractivity contribution in [3.8, 4) is 0 Å². The van der Waals surface area contributed by atoms with Crippen molar-refractivity contribution in [1.82, 2.24) is 0 Å². The molecule has 0 N–H and O–H groups in total. The molecule has 1 rings (SSSR count). The van der Waals surface area contributed by atoms with Gasteiger partial charge < -0.3 is 0 Å². The zero-order valence-corrected chi connectivity index (χ0v) is 16.0. The van der Waals surface area contributed by atoms with Crippen LogP contribution in [0.15, 0.2) is 24.3 Å². The molecule has 0 nitrogen and oxygen atoms in total. The topological polar surface area (TPSA) is 0 Å². The van der Waals surface area contributed by atoms with Crippen molar-refractivity contribution < 1.29 is 0 Å². The Kier molecular flexibility index (Phi) is 4.38. The fraction of sp³-hybridized carbons (Fsp3) is 0.538. The second kappa shape index (κ2) is 4.82. The van der Waals surface area contributed by atoms with E-state index in [9.17, 15) is 0 Å². The first-order valence-electron chi connectivity index (χ1n) is 5.78. The molecule has 0 atom stereocenters. The van der Waals surface area contributed by atoms with Gasteiger partial charge >= 0.3 is 102 Å². The predicted octanol–water partition coefficient (Wildman–Crippen LogP) is 3.65. The van der Waals surface area contributed by atoms with Crippen LogP contribution < -0.4 is 3.58 Å². The molecule has 1 aromatic carbocycles. The molecule has 0 bridgehead atoms. The van der Waals surface area contributed by atoms with Crippen LogP contribution in [0, 0.1) is 0 Å². The van der Waals surface area contributed by atoms with Gasteiger partial charge in [-0.2, -0.15) is 0 Å². The Morgan fingerprint density at radius 2 is 1.53 bits per heavy atom. The number of hydrogen-bond acceptors (Lipinski definition) is 0. The molecule has 0 aromatic heterocycles. The van der Waals surface area contributed by atoms with Crippen molar-refractivity contribution in [2.45, 2.75) is 37.3 Å². The maximum atomic E-state index is 2.52. The second-order valence-corrected chi connectivity index (χ2v) is 32.5. The molecule has 0 fully saturated rings. The van der Waals surface area contributed by atoms with Gasteiger partial charge in [0, 0.05) is 0 Å². The average molecular weight is 372 g/mol. The summed E-state index contributed by atoms with van der Waals surface area (Å²) in [7, 11) is 0. The monoisotopic (exact) mass is 374 g/mol. The molecule has 0 amide bonds. The molecule has 0 radical (unpaired) electrons. The van der Waals surface area contributed by atoms with Crippen LogP contribution in [-0.4, -0.2) is 31.6 Å². The minimum absolute atomic E-state index is 1.39. The summed E-state index contributed by atoms with van der Waals surface area (Å²) < 4.78 is 1.74. The third-order valence-corrected chi connectivity index (χ3v) is 11.6. The number of hydrogen-bond donors (Lipinski definition) is 0. The Labute approximate surface area is 102 Å². The average Bonchev–Trinajstić information content (AvgIpc) is 1.99. The fourth-order valence-corrected chi connectivity index (χ4v) is 11.0. The van der Waals surface area contributed by atoms with E-state index < -0.39 is 31.6 Å². The van der Waals surface area contributed by atoms with E-state index in [1.807, 2.05) is 0 Å². The molecule has 0 unspecified atom stereocenters. The van der Waals surface area contributed by atoms with E-state index in [1.165, 1.54) is 5.25 Å². The van der Waals surface area contributed by atoms with E-state index in [-0.39, 0.29) is 0 Å². The van der Waals surface area contributed by atoms with Gasteiger partial charge in [0.25, 0.3) is 0 Å². The van der Waals surface area contributed by atoms with Crippen molar-refractivity contribution in [2.75, 3.05) is 0 Å². The second-order valence-electron chi connectivity index (χ2n) is 6.64. The third kappa shape index (κ3) is 4.51. The summed E-state index contributed by atoms with van der Waals surface area (Å²) in [6.45, 7) is 0. The first-order chi connectivity index (χ1) is 6.70. The molecule has 0 spiro atoms. The van der Waals surface area contributed by atoms with Gasteiger partial charge in [0.15, 0.2) is 0 Å². The van der Waals surface area contributed by atoms with Gasteiger partial charge in [0.05, 0.1) is 0 Å². The summed E-state index contributed by atoms with van der Waals surface area (Å²) in [4.78, 5) is 7.55. The van der Waals surface area contributed by atoms with E-state index in [1.54, 1.807) is 9.14 Å². The summed E-state index contributed by atoms with van der Waals surface area (Å²) >= 11 is -3.33. The summed E-state index contributed by atoms with van der Waals surface area (Å²) in [5, 5.41) is 1.39. The van der Waals surface area contributed by atoms with Gasteiger partial charge in [-0.05, 0) is 0 Å². The predicted molar refractivity (Wildman–Crippen MR) is 76.5 cm³/mol.